The average Bonchev–Trinajstić information content (AvgIpc) is 3.59. The summed E-state index contributed by atoms with van der Waals surface area (Å²) >= 11 is 5.84. The molecule has 1 aliphatic heterocycles. The fraction of sp³-hybridized carbons (Fsp3) is 0.233. The number of hydrogen-bond donors (Lipinski definition) is 2. The first-order chi connectivity index (χ1) is 19.5. The minimum absolute atomic E-state index is 0.0812. The summed E-state index contributed by atoms with van der Waals surface area (Å²) in [6.07, 6.45) is 1.75. The zero-order valence-corrected chi connectivity index (χ0v) is 23.2. The summed E-state index contributed by atoms with van der Waals surface area (Å²) in [5.74, 6) is 2.44. The highest BCUT2D eigenvalue weighted by molar-refractivity contribution is 7.80. The van der Waals surface area contributed by atoms with Crippen LogP contribution < -0.4 is 25.0 Å². The number of rotatable bonds is 10. The number of anilines is 2. The molecule has 1 fully saturated rings. The minimum Gasteiger partial charge on any atom is -0.495 e. The van der Waals surface area contributed by atoms with Gasteiger partial charge < -0.3 is 34.2 Å². The second kappa shape index (κ2) is 12.2. The number of methoxy groups -OCH3 is 2. The topological polar surface area (TPSA) is 98.1 Å². The average molecular weight is 559 g/mol. The van der Waals surface area contributed by atoms with Gasteiger partial charge >= 0.3 is 0 Å². The molecule has 0 aliphatic carbocycles. The fourth-order valence-corrected chi connectivity index (χ4v) is 5.08. The molecule has 3 heterocycles. The van der Waals surface area contributed by atoms with Crippen molar-refractivity contribution in [3.8, 4) is 22.8 Å². The van der Waals surface area contributed by atoms with Crippen LogP contribution in [0.15, 0.2) is 83.4 Å². The Kier molecular flexibility index (Phi) is 8.28. The SMILES string of the molecule is CCOc1ccc(-c2ccc([C@H]3[C@H](c4ccccn4)NC(=S)N3c3ccc(OC)c(NC(=O)COC)c3)o2)cc1. The van der Waals surface area contributed by atoms with Crippen molar-refractivity contribution in [3.63, 3.8) is 0 Å². The van der Waals surface area contributed by atoms with Crippen molar-refractivity contribution in [1.29, 1.82) is 0 Å². The number of carbonyl (C=O) groups is 1. The number of ether oxygens (including phenoxy) is 3. The third-order valence-corrected chi connectivity index (χ3v) is 6.79. The highest BCUT2D eigenvalue weighted by Crippen LogP contribution is 2.44. The molecular weight excluding hydrogens is 528 g/mol. The summed E-state index contributed by atoms with van der Waals surface area (Å²) < 4.78 is 22.5. The lowest BCUT2D eigenvalue weighted by atomic mass is 10.0. The van der Waals surface area contributed by atoms with E-state index >= 15 is 0 Å². The number of benzene rings is 2. The Morgan fingerprint density at radius 1 is 1.10 bits per heavy atom. The van der Waals surface area contributed by atoms with E-state index in [1.54, 1.807) is 19.4 Å². The molecule has 5 rings (SSSR count). The third kappa shape index (κ3) is 5.63. The molecule has 2 aromatic heterocycles. The van der Waals surface area contributed by atoms with Crippen molar-refractivity contribution >= 4 is 34.6 Å². The Labute approximate surface area is 238 Å². The number of hydrogen-bond acceptors (Lipinski definition) is 7. The van der Waals surface area contributed by atoms with Gasteiger partial charge in [0.2, 0.25) is 5.91 Å². The Morgan fingerprint density at radius 2 is 1.93 bits per heavy atom. The monoisotopic (exact) mass is 558 g/mol. The largest absolute Gasteiger partial charge is 0.495 e. The molecule has 0 unspecified atom stereocenters. The van der Waals surface area contributed by atoms with E-state index in [1.165, 1.54) is 7.11 Å². The number of furan rings is 1. The summed E-state index contributed by atoms with van der Waals surface area (Å²) in [5, 5.41) is 6.78. The van der Waals surface area contributed by atoms with Gasteiger partial charge in [0.05, 0.1) is 31.1 Å². The molecule has 1 aliphatic rings. The molecule has 0 saturated carbocycles. The predicted octanol–water partition coefficient (Wildman–Crippen LogP) is 5.51. The van der Waals surface area contributed by atoms with Crippen molar-refractivity contribution in [2.24, 2.45) is 0 Å². The van der Waals surface area contributed by atoms with E-state index in [4.69, 9.17) is 30.8 Å². The first kappa shape index (κ1) is 27.2. The highest BCUT2D eigenvalue weighted by atomic mass is 32.1. The second-order valence-electron chi connectivity index (χ2n) is 9.02. The quantitative estimate of drug-likeness (QED) is 0.244. The normalized spacial score (nSPS) is 16.5. The van der Waals surface area contributed by atoms with Gasteiger partial charge in [-0.1, -0.05) is 6.07 Å². The van der Waals surface area contributed by atoms with Crippen LogP contribution >= 0.6 is 12.2 Å². The Balaban J connectivity index is 1.54. The van der Waals surface area contributed by atoms with E-state index in [0.29, 0.717) is 28.9 Å². The second-order valence-corrected chi connectivity index (χ2v) is 9.41. The number of pyridine rings is 1. The molecule has 1 amide bonds. The minimum atomic E-state index is -0.366. The molecule has 10 heteroatoms. The fourth-order valence-electron chi connectivity index (χ4n) is 4.73. The maximum absolute atomic E-state index is 12.3. The van der Waals surface area contributed by atoms with E-state index in [9.17, 15) is 4.79 Å². The third-order valence-electron chi connectivity index (χ3n) is 6.48. The molecule has 9 nitrogen and oxygen atoms in total. The summed E-state index contributed by atoms with van der Waals surface area (Å²) in [5.41, 5.74) is 2.99. The van der Waals surface area contributed by atoms with E-state index < -0.39 is 0 Å². The first-order valence-electron chi connectivity index (χ1n) is 12.8. The predicted molar refractivity (Wildman–Crippen MR) is 157 cm³/mol. The number of nitrogens with one attached hydrogen (secondary N) is 2. The van der Waals surface area contributed by atoms with Gasteiger partial charge in [-0.15, -0.1) is 0 Å². The van der Waals surface area contributed by atoms with Crippen LogP contribution in [-0.2, 0) is 9.53 Å². The Bertz CT molecular complexity index is 1480. The first-order valence-corrected chi connectivity index (χ1v) is 13.2. The van der Waals surface area contributed by atoms with Crippen molar-refractivity contribution in [2.45, 2.75) is 19.0 Å². The molecule has 4 aromatic rings. The molecule has 0 bridgehead atoms. The molecular formula is C30H30N4O5S. The Morgan fingerprint density at radius 3 is 2.62 bits per heavy atom. The van der Waals surface area contributed by atoms with Crippen LogP contribution in [0.1, 0.15) is 30.5 Å². The van der Waals surface area contributed by atoms with Crippen molar-refractivity contribution < 1.29 is 23.4 Å². The van der Waals surface area contributed by atoms with E-state index in [1.807, 2.05) is 78.6 Å². The number of carbonyl (C=O) groups excluding carboxylic acids is 1. The zero-order chi connectivity index (χ0) is 28.1. The lowest BCUT2D eigenvalue weighted by Crippen LogP contribution is -2.29. The van der Waals surface area contributed by atoms with Gasteiger partial charge in [-0.2, -0.15) is 0 Å². The highest BCUT2D eigenvalue weighted by Gasteiger charge is 2.42. The molecule has 0 radical (unpaired) electrons. The van der Waals surface area contributed by atoms with Crippen LogP contribution in [0.2, 0.25) is 0 Å². The Hall–Kier alpha value is -4.41. The van der Waals surface area contributed by atoms with Crippen LogP contribution in [0.5, 0.6) is 11.5 Å². The van der Waals surface area contributed by atoms with Crippen LogP contribution in [0, 0.1) is 0 Å². The number of nitrogens with zero attached hydrogens (tertiary/aromatic N) is 2. The molecule has 2 atom stereocenters. The molecule has 206 valence electrons. The lowest BCUT2D eigenvalue weighted by Gasteiger charge is -2.27. The molecule has 2 aromatic carbocycles. The van der Waals surface area contributed by atoms with Crippen molar-refractivity contribution in [2.75, 3.05) is 37.7 Å². The van der Waals surface area contributed by atoms with E-state index in [-0.39, 0.29) is 24.6 Å². The summed E-state index contributed by atoms with van der Waals surface area (Å²) in [6, 6.07) is 22.3. The van der Waals surface area contributed by atoms with Crippen LogP contribution in [0.4, 0.5) is 11.4 Å². The van der Waals surface area contributed by atoms with Crippen LogP contribution in [-0.4, -0.2) is 43.4 Å². The van der Waals surface area contributed by atoms with Gasteiger partial charge in [-0.25, -0.2) is 0 Å². The number of amides is 1. The smallest absolute Gasteiger partial charge is 0.250 e. The molecule has 1 saturated heterocycles. The summed E-state index contributed by atoms with van der Waals surface area (Å²) in [4.78, 5) is 18.9. The van der Waals surface area contributed by atoms with E-state index in [2.05, 4.69) is 15.6 Å². The molecule has 0 spiro atoms. The van der Waals surface area contributed by atoms with Gasteiger partial charge in [0.15, 0.2) is 5.11 Å². The van der Waals surface area contributed by atoms with Gasteiger partial charge in [0.25, 0.3) is 0 Å². The van der Waals surface area contributed by atoms with Gasteiger partial charge in [0, 0.05) is 24.6 Å². The van der Waals surface area contributed by atoms with Crippen molar-refractivity contribution in [3.05, 3.63) is 90.4 Å². The zero-order valence-electron chi connectivity index (χ0n) is 22.4. The molecule has 2 N–H and O–H groups in total. The van der Waals surface area contributed by atoms with Crippen LogP contribution in [0.25, 0.3) is 11.3 Å². The number of thiocarbonyl (C=S) groups is 1. The summed E-state index contributed by atoms with van der Waals surface area (Å²) in [7, 11) is 3.02. The van der Waals surface area contributed by atoms with Gasteiger partial charge in [-0.3, -0.25) is 9.78 Å². The molecule has 40 heavy (non-hydrogen) atoms. The van der Waals surface area contributed by atoms with Gasteiger partial charge in [0.1, 0.15) is 35.7 Å². The van der Waals surface area contributed by atoms with Gasteiger partial charge in [-0.05, 0) is 85.9 Å². The maximum atomic E-state index is 12.3. The standard InChI is InChI=1S/C30H30N4O5S/c1-4-38-21-11-8-19(9-12-21)24-14-15-26(39-24)29-28(22-7-5-6-16-31-22)33-30(40)34(29)20-10-13-25(37-3)23(17-20)32-27(35)18-36-2/h5-17,28-29H,4,18H2,1-3H3,(H,32,35)(H,33,40)/t28-,29-/m0/s1. The van der Waals surface area contributed by atoms with Crippen LogP contribution in [0.3, 0.4) is 0 Å². The van der Waals surface area contributed by atoms with Crippen molar-refractivity contribution in [1.82, 2.24) is 10.3 Å². The lowest BCUT2D eigenvalue weighted by molar-refractivity contribution is -0.119. The maximum Gasteiger partial charge on any atom is 0.250 e. The van der Waals surface area contributed by atoms with E-state index in [0.717, 1.165) is 28.5 Å². The number of aromatic nitrogens is 1. The summed E-state index contributed by atoms with van der Waals surface area (Å²) in [6.45, 7) is 2.48.